The molecule has 1 aromatic carbocycles. The first-order valence-corrected chi connectivity index (χ1v) is 10.2. The Morgan fingerprint density at radius 3 is 2.79 bits per heavy atom. The van der Waals surface area contributed by atoms with Gasteiger partial charge < -0.3 is 10.6 Å². The number of likely N-dealkylation sites (tertiary alicyclic amines) is 1. The minimum absolute atomic E-state index is 0.0935. The number of piperidine rings is 1. The maximum atomic E-state index is 12.9. The highest BCUT2D eigenvalue weighted by Crippen LogP contribution is 2.27. The number of thiophene rings is 1. The van der Waals surface area contributed by atoms with Crippen molar-refractivity contribution in [2.45, 2.75) is 25.3 Å². The van der Waals surface area contributed by atoms with Gasteiger partial charge in [0.15, 0.2) is 0 Å². The van der Waals surface area contributed by atoms with Gasteiger partial charge in [-0.15, -0.1) is 11.3 Å². The fourth-order valence-electron chi connectivity index (χ4n) is 3.64. The van der Waals surface area contributed by atoms with E-state index in [9.17, 15) is 9.59 Å². The second-order valence-corrected chi connectivity index (χ2v) is 7.96. The third-order valence-electron chi connectivity index (χ3n) is 5.11. The minimum Gasteiger partial charge on any atom is -0.394 e. The van der Waals surface area contributed by atoms with E-state index in [1.807, 2.05) is 40.6 Å². The highest BCUT2D eigenvalue weighted by molar-refractivity contribution is 7.13. The molecule has 1 saturated heterocycles. The van der Waals surface area contributed by atoms with Gasteiger partial charge in [0.1, 0.15) is 17.9 Å². The first-order chi connectivity index (χ1) is 13.6. The van der Waals surface area contributed by atoms with Crippen molar-refractivity contribution in [1.29, 1.82) is 0 Å². The second kappa shape index (κ2) is 7.98. The average molecular weight is 395 g/mol. The first-order valence-electron chi connectivity index (χ1n) is 9.36. The first kappa shape index (κ1) is 18.4. The smallest absolute Gasteiger partial charge is 0.290 e. The summed E-state index contributed by atoms with van der Waals surface area (Å²) in [4.78, 5) is 28.0. The lowest BCUT2D eigenvalue weighted by Crippen LogP contribution is -2.42. The molecule has 0 radical (unpaired) electrons. The van der Waals surface area contributed by atoms with Gasteiger partial charge in [0.05, 0.1) is 4.88 Å². The van der Waals surface area contributed by atoms with E-state index in [-0.39, 0.29) is 18.1 Å². The summed E-state index contributed by atoms with van der Waals surface area (Å²) in [5.41, 5.74) is 7.43. The van der Waals surface area contributed by atoms with Crippen molar-refractivity contribution < 1.29 is 4.79 Å². The van der Waals surface area contributed by atoms with Crippen LogP contribution in [0.25, 0.3) is 10.6 Å². The fourth-order valence-corrected chi connectivity index (χ4v) is 4.32. The van der Waals surface area contributed by atoms with E-state index in [1.165, 1.54) is 21.6 Å². The minimum atomic E-state index is -0.426. The third kappa shape index (κ3) is 3.84. The van der Waals surface area contributed by atoms with Crippen LogP contribution in [0.1, 0.15) is 24.3 Å². The summed E-state index contributed by atoms with van der Waals surface area (Å²) in [6, 6.07) is 15.7. The number of carbonyl (C=O) groups is 1. The van der Waals surface area contributed by atoms with Crippen LogP contribution in [0.2, 0.25) is 0 Å². The SMILES string of the molecule is Nc1cc(-c2cccs2)nn(CC(=O)N2CCC[C@H](c3ccccc3)C2)c1=O. The molecule has 0 aliphatic carbocycles. The van der Waals surface area contributed by atoms with Crippen LogP contribution in [0.3, 0.4) is 0 Å². The molecule has 28 heavy (non-hydrogen) atoms. The largest absolute Gasteiger partial charge is 0.394 e. The normalized spacial score (nSPS) is 16.9. The molecule has 4 rings (SSSR count). The molecule has 1 aliphatic heterocycles. The number of amides is 1. The van der Waals surface area contributed by atoms with Crippen LogP contribution >= 0.6 is 11.3 Å². The van der Waals surface area contributed by atoms with Crippen molar-refractivity contribution >= 4 is 22.9 Å². The Labute approximate surface area is 167 Å². The summed E-state index contributed by atoms with van der Waals surface area (Å²) < 4.78 is 1.19. The number of nitrogen functional groups attached to an aromatic ring is 1. The van der Waals surface area contributed by atoms with E-state index < -0.39 is 5.56 Å². The quantitative estimate of drug-likeness (QED) is 0.738. The van der Waals surface area contributed by atoms with Crippen LogP contribution < -0.4 is 11.3 Å². The molecule has 1 amide bonds. The lowest BCUT2D eigenvalue weighted by atomic mass is 9.90. The van der Waals surface area contributed by atoms with Gasteiger partial charge in [0.2, 0.25) is 5.91 Å². The van der Waals surface area contributed by atoms with E-state index in [0.29, 0.717) is 24.7 Å². The Balaban J connectivity index is 1.52. The molecule has 2 N–H and O–H groups in total. The summed E-state index contributed by atoms with van der Waals surface area (Å²) in [6.45, 7) is 1.28. The van der Waals surface area contributed by atoms with E-state index >= 15 is 0 Å². The van der Waals surface area contributed by atoms with Crippen LogP contribution in [0.4, 0.5) is 5.69 Å². The molecular weight excluding hydrogens is 372 g/mol. The average Bonchev–Trinajstić information content (AvgIpc) is 3.27. The van der Waals surface area contributed by atoms with Crippen LogP contribution in [0, 0.1) is 0 Å². The molecular formula is C21H22N4O2S. The van der Waals surface area contributed by atoms with Gasteiger partial charge in [0.25, 0.3) is 5.56 Å². The molecule has 1 aliphatic rings. The van der Waals surface area contributed by atoms with Gasteiger partial charge in [-0.3, -0.25) is 9.59 Å². The zero-order chi connectivity index (χ0) is 19.5. The molecule has 0 unspecified atom stereocenters. The van der Waals surface area contributed by atoms with Gasteiger partial charge in [-0.05, 0) is 35.9 Å². The van der Waals surface area contributed by atoms with Crippen LogP contribution in [-0.2, 0) is 11.3 Å². The molecule has 6 nitrogen and oxygen atoms in total. The summed E-state index contributed by atoms with van der Waals surface area (Å²) in [5, 5.41) is 6.31. The van der Waals surface area contributed by atoms with Crippen molar-refractivity contribution in [2.75, 3.05) is 18.8 Å². The van der Waals surface area contributed by atoms with Crippen LogP contribution in [-0.4, -0.2) is 33.7 Å². The Morgan fingerprint density at radius 1 is 1.21 bits per heavy atom. The zero-order valence-electron chi connectivity index (χ0n) is 15.5. The molecule has 1 atom stereocenters. The van der Waals surface area contributed by atoms with E-state index in [1.54, 1.807) is 6.07 Å². The van der Waals surface area contributed by atoms with Crippen LogP contribution in [0.5, 0.6) is 0 Å². The third-order valence-corrected chi connectivity index (χ3v) is 6.00. The predicted octanol–water partition coefficient (Wildman–Crippen LogP) is 2.96. The lowest BCUT2D eigenvalue weighted by Gasteiger charge is -2.33. The molecule has 7 heteroatoms. The summed E-state index contributed by atoms with van der Waals surface area (Å²) in [7, 11) is 0. The van der Waals surface area contributed by atoms with E-state index in [4.69, 9.17) is 5.73 Å². The van der Waals surface area contributed by atoms with Gasteiger partial charge in [0, 0.05) is 19.0 Å². The highest BCUT2D eigenvalue weighted by Gasteiger charge is 2.25. The number of benzene rings is 1. The maximum Gasteiger partial charge on any atom is 0.290 e. The molecule has 144 valence electrons. The monoisotopic (exact) mass is 394 g/mol. The number of carbonyl (C=O) groups excluding carboxylic acids is 1. The summed E-state index contributed by atoms with van der Waals surface area (Å²) >= 11 is 1.52. The number of aromatic nitrogens is 2. The number of nitrogens with two attached hydrogens (primary N) is 1. The Morgan fingerprint density at radius 2 is 2.04 bits per heavy atom. The maximum absolute atomic E-state index is 12.9. The molecule has 0 saturated carbocycles. The number of nitrogens with zero attached hydrogens (tertiary/aromatic N) is 3. The van der Waals surface area contributed by atoms with Crippen molar-refractivity contribution in [1.82, 2.24) is 14.7 Å². The van der Waals surface area contributed by atoms with Crippen molar-refractivity contribution in [3.8, 4) is 10.6 Å². The summed E-state index contributed by atoms with van der Waals surface area (Å²) in [5.74, 6) is 0.226. The number of hydrogen-bond acceptors (Lipinski definition) is 5. The predicted molar refractivity (Wildman–Crippen MR) is 111 cm³/mol. The van der Waals surface area contributed by atoms with Crippen LogP contribution in [0.15, 0.2) is 58.7 Å². The number of hydrogen-bond donors (Lipinski definition) is 1. The molecule has 0 spiro atoms. The second-order valence-electron chi connectivity index (χ2n) is 7.01. The van der Waals surface area contributed by atoms with E-state index in [2.05, 4.69) is 17.2 Å². The highest BCUT2D eigenvalue weighted by atomic mass is 32.1. The van der Waals surface area contributed by atoms with Gasteiger partial charge in [-0.25, -0.2) is 4.68 Å². The molecule has 3 aromatic rings. The molecule has 1 fully saturated rings. The Hall–Kier alpha value is -2.93. The topological polar surface area (TPSA) is 81.2 Å². The van der Waals surface area contributed by atoms with Gasteiger partial charge in [-0.2, -0.15) is 5.10 Å². The van der Waals surface area contributed by atoms with Crippen molar-refractivity contribution in [3.05, 3.63) is 69.8 Å². The standard InChI is InChI=1S/C21H22N4O2S/c22-17-12-18(19-9-5-11-28-19)23-25(21(17)27)14-20(26)24-10-4-8-16(13-24)15-6-2-1-3-7-15/h1-3,5-7,9,11-12,16H,4,8,10,13-14,22H2/t16-/m0/s1. The molecule has 0 bridgehead atoms. The van der Waals surface area contributed by atoms with E-state index in [0.717, 1.165) is 17.7 Å². The van der Waals surface area contributed by atoms with Crippen molar-refractivity contribution in [3.63, 3.8) is 0 Å². The number of anilines is 1. The summed E-state index contributed by atoms with van der Waals surface area (Å²) in [6.07, 6.45) is 2.01. The Kier molecular flexibility index (Phi) is 5.25. The molecule has 3 heterocycles. The number of rotatable bonds is 4. The van der Waals surface area contributed by atoms with Gasteiger partial charge in [-0.1, -0.05) is 36.4 Å². The lowest BCUT2D eigenvalue weighted by molar-refractivity contribution is -0.133. The molecule has 2 aromatic heterocycles. The van der Waals surface area contributed by atoms with Gasteiger partial charge >= 0.3 is 0 Å². The zero-order valence-corrected chi connectivity index (χ0v) is 16.3. The Bertz CT molecular complexity index is 1010. The van der Waals surface area contributed by atoms with Crippen molar-refractivity contribution in [2.24, 2.45) is 0 Å². The fraction of sp³-hybridized carbons (Fsp3) is 0.286.